The molecule has 0 saturated carbocycles. The summed E-state index contributed by atoms with van der Waals surface area (Å²) in [5.74, 6) is -0.812. The fourth-order valence-corrected chi connectivity index (χ4v) is 2.60. The molecule has 3 rings (SSSR count). The molecule has 0 aliphatic heterocycles. The predicted molar refractivity (Wildman–Crippen MR) is 77.6 cm³/mol. The highest BCUT2D eigenvalue weighted by molar-refractivity contribution is 6.06. The molecular formula is C15H15N3O3. The summed E-state index contributed by atoms with van der Waals surface area (Å²) in [6.45, 7) is 0. The summed E-state index contributed by atoms with van der Waals surface area (Å²) in [6, 6.07) is 3.23. The topological polar surface area (TPSA) is 95.1 Å². The summed E-state index contributed by atoms with van der Waals surface area (Å²) in [4.78, 5) is 30.8. The van der Waals surface area contributed by atoms with E-state index in [1.165, 1.54) is 12.4 Å². The molecule has 0 fully saturated rings. The maximum Gasteiger partial charge on any atom is 0.265 e. The molecular weight excluding hydrogens is 270 g/mol. The average Bonchev–Trinajstić information content (AvgIpc) is 2.48. The zero-order valence-electron chi connectivity index (χ0n) is 11.3. The van der Waals surface area contributed by atoms with Crippen molar-refractivity contribution in [2.24, 2.45) is 0 Å². The summed E-state index contributed by atoms with van der Waals surface area (Å²) in [5, 5.41) is 12.9. The number of amides is 1. The third-order valence-electron chi connectivity index (χ3n) is 3.65. The number of rotatable bonds is 2. The van der Waals surface area contributed by atoms with Crippen LogP contribution in [-0.4, -0.2) is 21.0 Å². The Morgan fingerprint density at radius 2 is 1.95 bits per heavy atom. The summed E-state index contributed by atoms with van der Waals surface area (Å²) in [6.07, 6.45) is 6.39. The number of nitrogens with zero attached hydrogens (tertiary/aromatic N) is 1. The van der Waals surface area contributed by atoms with E-state index in [1.54, 1.807) is 12.1 Å². The van der Waals surface area contributed by atoms with Crippen LogP contribution in [0.15, 0.2) is 29.3 Å². The quantitative estimate of drug-likeness (QED) is 0.781. The number of anilines is 1. The first-order valence-electron chi connectivity index (χ1n) is 6.85. The van der Waals surface area contributed by atoms with E-state index < -0.39 is 11.5 Å². The van der Waals surface area contributed by atoms with Gasteiger partial charge in [-0.3, -0.25) is 14.6 Å². The lowest BCUT2D eigenvalue weighted by molar-refractivity contribution is 0.102. The fourth-order valence-electron chi connectivity index (χ4n) is 2.60. The average molecular weight is 285 g/mol. The van der Waals surface area contributed by atoms with E-state index in [0.29, 0.717) is 17.7 Å². The first-order valence-corrected chi connectivity index (χ1v) is 6.85. The van der Waals surface area contributed by atoms with Crippen LogP contribution in [0, 0.1) is 0 Å². The molecule has 1 aliphatic carbocycles. The molecule has 1 aliphatic rings. The summed E-state index contributed by atoms with van der Waals surface area (Å²) in [7, 11) is 0. The van der Waals surface area contributed by atoms with Crippen LogP contribution in [0.5, 0.6) is 5.75 Å². The third kappa shape index (κ3) is 2.52. The Labute approximate surface area is 120 Å². The second kappa shape index (κ2) is 5.40. The second-order valence-electron chi connectivity index (χ2n) is 5.03. The molecule has 2 aromatic heterocycles. The molecule has 3 N–H and O–H groups in total. The number of H-pyrrole nitrogens is 1. The van der Waals surface area contributed by atoms with E-state index in [4.69, 9.17) is 0 Å². The Morgan fingerprint density at radius 3 is 2.71 bits per heavy atom. The van der Waals surface area contributed by atoms with Crippen LogP contribution in [0.2, 0.25) is 0 Å². The Balaban J connectivity index is 1.98. The molecule has 0 atom stereocenters. The molecule has 6 nitrogen and oxygen atoms in total. The van der Waals surface area contributed by atoms with Crippen molar-refractivity contribution in [3.8, 4) is 5.75 Å². The van der Waals surface area contributed by atoms with Gasteiger partial charge in [0.1, 0.15) is 11.3 Å². The van der Waals surface area contributed by atoms with E-state index in [-0.39, 0.29) is 11.3 Å². The standard InChI is InChI=1S/C15H15N3O3/c19-13-10-3-1-2-4-11(10)18-15(21)12(13)14(20)17-9-5-7-16-8-6-9/h5-8H,1-4H2,(H,16,17,20)(H2,18,19,21). The zero-order valence-corrected chi connectivity index (χ0v) is 11.3. The van der Waals surface area contributed by atoms with Gasteiger partial charge in [0.25, 0.3) is 11.5 Å². The minimum absolute atomic E-state index is 0.194. The van der Waals surface area contributed by atoms with Gasteiger partial charge in [-0.05, 0) is 37.8 Å². The minimum atomic E-state index is -0.617. The van der Waals surface area contributed by atoms with Crippen molar-refractivity contribution in [3.63, 3.8) is 0 Å². The van der Waals surface area contributed by atoms with Crippen molar-refractivity contribution < 1.29 is 9.90 Å². The van der Waals surface area contributed by atoms with Gasteiger partial charge in [-0.25, -0.2) is 0 Å². The molecule has 21 heavy (non-hydrogen) atoms. The van der Waals surface area contributed by atoms with E-state index >= 15 is 0 Å². The van der Waals surface area contributed by atoms with Gasteiger partial charge >= 0.3 is 0 Å². The van der Waals surface area contributed by atoms with E-state index in [2.05, 4.69) is 15.3 Å². The summed E-state index contributed by atoms with van der Waals surface area (Å²) < 4.78 is 0. The Morgan fingerprint density at radius 1 is 1.24 bits per heavy atom. The number of aromatic amines is 1. The lowest BCUT2D eigenvalue weighted by Crippen LogP contribution is -2.26. The highest BCUT2D eigenvalue weighted by atomic mass is 16.3. The van der Waals surface area contributed by atoms with Crippen LogP contribution in [0.1, 0.15) is 34.5 Å². The van der Waals surface area contributed by atoms with E-state index in [0.717, 1.165) is 25.0 Å². The Kier molecular flexibility index (Phi) is 3.43. The maximum absolute atomic E-state index is 12.2. The van der Waals surface area contributed by atoms with Crippen LogP contribution in [0.4, 0.5) is 5.69 Å². The van der Waals surface area contributed by atoms with Crippen LogP contribution < -0.4 is 10.9 Å². The number of hydrogen-bond acceptors (Lipinski definition) is 4. The van der Waals surface area contributed by atoms with Gasteiger partial charge in [0, 0.05) is 29.3 Å². The number of carbonyl (C=O) groups excluding carboxylic acids is 1. The monoisotopic (exact) mass is 285 g/mol. The number of carbonyl (C=O) groups is 1. The van der Waals surface area contributed by atoms with Crippen LogP contribution in [0.3, 0.4) is 0 Å². The minimum Gasteiger partial charge on any atom is -0.507 e. The SMILES string of the molecule is O=C(Nc1ccncc1)c1c(O)c2c([nH]c1=O)CCCC2. The van der Waals surface area contributed by atoms with Crippen molar-refractivity contribution in [2.45, 2.75) is 25.7 Å². The molecule has 108 valence electrons. The normalized spacial score (nSPS) is 13.5. The van der Waals surface area contributed by atoms with Gasteiger partial charge in [0.15, 0.2) is 0 Å². The second-order valence-corrected chi connectivity index (χ2v) is 5.03. The molecule has 0 saturated heterocycles. The molecule has 0 unspecified atom stereocenters. The largest absolute Gasteiger partial charge is 0.507 e. The number of hydrogen-bond donors (Lipinski definition) is 3. The predicted octanol–water partition coefficient (Wildman–Crippen LogP) is 1.61. The number of pyridine rings is 2. The molecule has 2 aromatic rings. The van der Waals surface area contributed by atoms with Crippen molar-refractivity contribution in [3.05, 3.63) is 51.7 Å². The molecule has 0 radical (unpaired) electrons. The first-order chi connectivity index (χ1) is 10.2. The molecule has 0 bridgehead atoms. The number of aryl methyl sites for hydroxylation is 1. The summed E-state index contributed by atoms with van der Waals surface area (Å²) >= 11 is 0. The molecule has 0 spiro atoms. The summed E-state index contributed by atoms with van der Waals surface area (Å²) in [5.41, 5.74) is 1.16. The van der Waals surface area contributed by atoms with E-state index in [9.17, 15) is 14.7 Å². The molecule has 6 heteroatoms. The molecule has 1 amide bonds. The highest BCUT2D eigenvalue weighted by Crippen LogP contribution is 2.28. The van der Waals surface area contributed by atoms with Crippen LogP contribution in [-0.2, 0) is 12.8 Å². The lowest BCUT2D eigenvalue weighted by Gasteiger charge is -2.18. The van der Waals surface area contributed by atoms with Gasteiger partial charge in [0.2, 0.25) is 0 Å². The Hall–Kier alpha value is -2.63. The lowest BCUT2D eigenvalue weighted by atomic mass is 9.93. The first kappa shape index (κ1) is 13.4. The number of aromatic hydroxyl groups is 1. The van der Waals surface area contributed by atoms with Crippen LogP contribution >= 0.6 is 0 Å². The molecule has 0 aromatic carbocycles. The van der Waals surface area contributed by atoms with Crippen molar-refractivity contribution in [1.29, 1.82) is 0 Å². The maximum atomic E-state index is 12.2. The van der Waals surface area contributed by atoms with Gasteiger partial charge in [0.05, 0.1) is 0 Å². The number of nitrogens with one attached hydrogen (secondary N) is 2. The van der Waals surface area contributed by atoms with Gasteiger partial charge in [-0.15, -0.1) is 0 Å². The van der Waals surface area contributed by atoms with Gasteiger partial charge < -0.3 is 15.4 Å². The van der Waals surface area contributed by atoms with Gasteiger partial charge in [-0.1, -0.05) is 0 Å². The van der Waals surface area contributed by atoms with Crippen molar-refractivity contribution in [2.75, 3.05) is 5.32 Å². The Bertz CT molecular complexity index is 738. The third-order valence-corrected chi connectivity index (χ3v) is 3.65. The zero-order chi connectivity index (χ0) is 14.8. The van der Waals surface area contributed by atoms with E-state index in [1.807, 2.05) is 0 Å². The number of aromatic nitrogens is 2. The number of fused-ring (bicyclic) bond motifs is 1. The molecule has 2 heterocycles. The smallest absolute Gasteiger partial charge is 0.265 e. The van der Waals surface area contributed by atoms with Crippen LogP contribution in [0.25, 0.3) is 0 Å². The van der Waals surface area contributed by atoms with Crippen molar-refractivity contribution in [1.82, 2.24) is 9.97 Å². The highest BCUT2D eigenvalue weighted by Gasteiger charge is 2.23. The fraction of sp³-hybridized carbons (Fsp3) is 0.267. The van der Waals surface area contributed by atoms with Crippen molar-refractivity contribution >= 4 is 11.6 Å². The van der Waals surface area contributed by atoms with Gasteiger partial charge in [-0.2, -0.15) is 0 Å².